The molecular weight excluding hydrogens is 456 g/mol. The van der Waals surface area contributed by atoms with Crippen molar-refractivity contribution in [2.75, 3.05) is 44.3 Å². The summed E-state index contributed by atoms with van der Waals surface area (Å²) in [5.74, 6) is 0.0460. The number of ether oxygens (including phenoxy) is 3. The fourth-order valence-electron chi connectivity index (χ4n) is 5.04. The highest BCUT2D eigenvalue weighted by atomic mass is 16.8. The molecule has 1 amide bonds. The molecule has 2 aliphatic heterocycles. The van der Waals surface area contributed by atoms with Crippen LogP contribution >= 0.6 is 0 Å². The fraction of sp³-hybridized carbons (Fsp3) is 0.429. The lowest BCUT2D eigenvalue weighted by molar-refractivity contribution is -0.189. The summed E-state index contributed by atoms with van der Waals surface area (Å²) >= 11 is 0. The Bertz CT molecular complexity index is 1170. The maximum Gasteiger partial charge on any atom is 0.219 e. The van der Waals surface area contributed by atoms with Gasteiger partial charge in [0.1, 0.15) is 18.5 Å². The van der Waals surface area contributed by atoms with Crippen LogP contribution in [0.5, 0.6) is 5.75 Å². The SMILES string of the molecule is CC(=O)N1CCN(c2ccc(OC[C@H]3CO[C@](Cn4ccnc4)(c4ccc(C)cc4C)O3)cc2)CC1. The van der Waals surface area contributed by atoms with Gasteiger partial charge in [-0.3, -0.25) is 4.79 Å². The molecule has 8 heteroatoms. The van der Waals surface area contributed by atoms with E-state index in [0.717, 1.165) is 48.7 Å². The van der Waals surface area contributed by atoms with Crippen molar-refractivity contribution in [1.82, 2.24) is 14.5 Å². The first-order valence-corrected chi connectivity index (χ1v) is 12.5. The second-order valence-corrected chi connectivity index (χ2v) is 9.66. The monoisotopic (exact) mass is 490 g/mol. The number of carbonyl (C=O) groups excluding carboxylic acids is 1. The van der Waals surface area contributed by atoms with Crippen LogP contribution in [0.4, 0.5) is 5.69 Å². The van der Waals surface area contributed by atoms with Gasteiger partial charge in [-0.2, -0.15) is 0 Å². The van der Waals surface area contributed by atoms with Crippen molar-refractivity contribution in [2.24, 2.45) is 0 Å². The van der Waals surface area contributed by atoms with E-state index in [1.54, 1.807) is 19.4 Å². The summed E-state index contributed by atoms with van der Waals surface area (Å²) in [6, 6.07) is 14.5. The van der Waals surface area contributed by atoms with E-state index in [1.165, 1.54) is 5.56 Å². The number of anilines is 1. The molecule has 0 N–H and O–H groups in total. The Morgan fingerprint density at radius 1 is 1.11 bits per heavy atom. The molecule has 2 fully saturated rings. The van der Waals surface area contributed by atoms with E-state index in [9.17, 15) is 4.79 Å². The van der Waals surface area contributed by atoms with Crippen LogP contribution in [0, 0.1) is 13.8 Å². The molecule has 0 spiro atoms. The Morgan fingerprint density at radius 2 is 1.89 bits per heavy atom. The number of rotatable bonds is 7. The summed E-state index contributed by atoms with van der Waals surface area (Å²) < 4.78 is 21.0. The third-order valence-corrected chi connectivity index (χ3v) is 6.96. The van der Waals surface area contributed by atoms with Crippen molar-refractivity contribution in [3.8, 4) is 5.75 Å². The highest BCUT2D eigenvalue weighted by molar-refractivity contribution is 5.73. The Hall–Kier alpha value is -3.36. The molecule has 3 aromatic rings. The van der Waals surface area contributed by atoms with Crippen LogP contribution in [0.15, 0.2) is 61.2 Å². The normalized spacial score (nSPS) is 22.1. The highest BCUT2D eigenvalue weighted by Crippen LogP contribution is 2.38. The van der Waals surface area contributed by atoms with Crippen molar-refractivity contribution >= 4 is 11.6 Å². The number of nitrogens with zero attached hydrogens (tertiary/aromatic N) is 4. The lowest BCUT2D eigenvalue weighted by Gasteiger charge is -2.35. The van der Waals surface area contributed by atoms with E-state index in [4.69, 9.17) is 14.2 Å². The molecule has 2 aromatic carbocycles. The van der Waals surface area contributed by atoms with Crippen LogP contribution < -0.4 is 9.64 Å². The second-order valence-electron chi connectivity index (χ2n) is 9.66. The predicted molar refractivity (Wildman–Crippen MR) is 137 cm³/mol. The molecule has 0 saturated carbocycles. The summed E-state index contributed by atoms with van der Waals surface area (Å²) in [5, 5.41) is 0. The lowest BCUT2D eigenvalue weighted by Crippen LogP contribution is -2.48. The summed E-state index contributed by atoms with van der Waals surface area (Å²) in [7, 11) is 0. The summed E-state index contributed by atoms with van der Waals surface area (Å²) in [6.45, 7) is 10.4. The maximum atomic E-state index is 11.6. The summed E-state index contributed by atoms with van der Waals surface area (Å²) in [4.78, 5) is 19.9. The largest absolute Gasteiger partial charge is 0.491 e. The van der Waals surface area contributed by atoms with Gasteiger partial charge in [-0.25, -0.2) is 4.98 Å². The Morgan fingerprint density at radius 3 is 2.56 bits per heavy atom. The molecule has 0 bridgehead atoms. The van der Waals surface area contributed by atoms with Crippen LogP contribution in [0.1, 0.15) is 23.6 Å². The summed E-state index contributed by atoms with van der Waals surface area (Å²) in [5.41, 5.74) is 4.51. The average molecular weight is 491 g/mol. The third kappa shape index (κ3) is 5.24. The van der Waals surface area contributed by atoms with E-state index >= 15 is 0 Å². The number of benzene rings is 2. The lowest BCUT2D eigenvalue weighted by atomic mass is 9.98. The molecule has 0 radical (unpaired) electrons. The first-order valence-electron chi connectivity index (χ1n) is 12.5. The fourth-order valence-corrected chi connectivity index (χ4v) is 5.04. The van der Waals surface area contributed by atoms with Crippen molar-refractivity contribution in [2.45, 2.75) is 39.2 Å². The first kappa shape index (κ1) is 24.3. The van der Waals surface area contributed by atoms with Gasteiger partial charge in [0.25, 0.3) is 0 Å². The Labute approximate surface area is 212 Å². The number of hydrogen-bond donors (Lipinski definition) is 0. The van der Waals surface area contributed by atoms with E-state index in [-0.39, 0.29) is 12.0 Å². The van der Waals surface area contributed by atoms with E-state index in [1.807, 2.05) is 27.8 Å². The molecule has 3 heterocycles. The molecule has 1 aromatic heterocycles. The van der Waals surface area contributed by atoms with Crippen molar-refractivity contribution in [1.29, 1.82) is 0 Å². The third-order valence-electron chi connectivity index (χ3n) is 6.96. The molecule has 2 aliphatic rings. The van der Waals surface area contributed by atoms with Gasteiger partial charge in [0, 0.05) is 56.7 Å². The van der Waals surface area contributed by atoms with Crippen LogP contribution in [-0.4, -0.2) is 65.9 Å². The second kappa shape index (κ2) is 10.3. The summed E-state index contributed by atoms with van der Waals surface area (Å²) in [6.07, 6.45) is 5.26. The van der Waals surface area contributed by atoms with E-state index in [0.29, 0.717) is 19.8 Å². The molecule has 2 atom stereocenters. The van der Waals surface area contributed by atoms with Gasteiger partial charge < -0.3 is 28.6 Å². The van der Waals surface area contributed by atoms with Gasteiger partial charge in [-0.15, -0.1) is 0 Å². The molecule has 8 nitrogen and oxygen atoms in total. The zero-order valence-electron chi connectivity index (χ0n) is 21.2. The maximum absolute atomic E-state index is 11.6. The number of piperazine rings is 1. The van der Waals surface area contributed by atoms with E-state index in [2.05, 4.69) is 54.1 Å². The zero-order valence-corrected chi connectivity index (χ0v) is 21.2. The number of imidazole rings is 1. The minimum absolute atomic E-state index is 0.142. The molecule has 0 aliphatic carbocycles. The number of aromatic nitrogens is 2. The Balaban J connectivity index is 1.22. The molecule has 5 rings (SSSR count). The number of carbonyl (C=O) groups is 1. The number of aryl methyl sites for hydroxylation is 2. The smallest absolute Gasteiger partial charge is 0.219 e. The van der Waals surface area contributed by atoms with Crippen molar-refractivity contribution in [3.63, 3.8) is 0 Å². The number of amides is 1. The highest BCUT2D eigenvalue weighted by Gasteiger charge is 2.44. The number of hydrogen-bond acceptors (Lipinski definition) is 6. The van der Waals surface area contributed by atoms with Crippen LogP contribution in [0.25, 0.3) is 0 Å². The minimum Gasteiger partial charge on any atom is -0.491 e. The van der Waals surface area contributed by atoms with Crippen molar-refractivity contribution in [3.05, 3.63) is 77.9 Å². The minimum atomic E-state index is -0.890. The van der Waals surface area contributed by atoms with E-state index < -0.39 is 5.79 Å². The molecule has 0 unspecified atom stereocenters. The topological polar surface area (TPSA) is 69.1 Å². The average Bonchev–Trinajstić information content (AvgIpc) is 3.54. The zero-order chi connectivity index (χ0) is 25.1. The quantitative estimate of drug-likeness (QED) is 0.505. The van der Waals surface area contributed by atoms with Gasteiger partial charge in [0.05, 0.1) is 19.5 Å². The standard InChI is InChI=1S/C28H34N4O4/c1-21-4-9-27(22(2)16-21)28(19-30-11-10-29-20-30)35-18-26(36-28)17-34-25-7-5-24(6-8-25)32-14-12-31(13-15-32)23(3)33/h4-11,16,20,26H,12-15,17-19H2,1-3H3/t26-,28-/m0/s1. The first-order chi connectivity index (χ1) is 17.4. The van der Waals surface area contributed by atoms with Crippen LogP contribution in [-0.2, 0) is 26.6 Å². The molecule has 190 valence electrons. The van der Waals surface area contributed by atoms with Gasteiger partial charge >= 0.3 is 0 Å². The molecule has 2 saturated heterocycles. The van der Waals surface area contributed by atoms with Crippen LogP contribution in [0.2, 0.25) is 0 Å². The van der Waals surface area contributed by atoms with Gasteiger partial charge in [-0.1, -0.05) is 23.8 Å². The van der Waals surface area contributed by atoms with Gasteiger partial charge in [0.15, 0.2) is 0 Å². The van der Waals surface area contributed by atoms with Crippen LogP contribution in [0.3, 0.4) is 0 Å². The van der Waals surface area contributed by atoms with Gasteiger partial charge in [-0.05, 0) is 43.7 Å². The predicted octanol–water partition coefficient (Wildman–Crippen LogP) is 3.52. The Kier molecular flexibility index (Phi) is 6.98. The molecule has 36 heavy (non-hydrogen) atoms. The van der Waals surface area contributed by atoms with Crippen molar-refractivity contribution < 1.29 is 19.0 Å². The van der Waals surface area contributed by atoms with Gasteiger partial charge in [0.2, 0.25) is 11.7 Å². The molecular formula is C28H34N4O4.